The number of nitrogens with one attached hydrogen (secondary N) is 1. The van der Waals surface area contributed by atoms with E-state index in [1.54, 1.807) is 36.4 Å². The fourth-order valence-electron chi connectivity index (χ4n) is 2.74. The summed E-state index contributed by atoms with van der Waals surface area (Å²) in [4.78, 5) is 0. The molecule has 0 amide bonds. The van der Waals surface area contributed by atoms with Crippen molar-refractivity contribution >= 4 is 10.0 Å². The molecule has 0 unspecified atom stereocenters. The minimum atomic E-state index is -2.99. The Hall–Kier alpha value is -2.87. The van der Waals surface area contributed by atoms with Crippen molar-refractivity contribution in [3.8, 4) is 28.7 Å². The molecule has 2 nitrogen and oxygen atoms in total. The van der Waals surface area contributed by atoms with Crippen LogP contribution < -0.4 is 5.32 Å². The van der Waals surface area contributed by atoms with E-state index in [0.717, 1.165) is 12.5 Å². The molecule has 3 aromatic rings. The van der Waals surface area contributed by atoms with Gasteiger partial charge in [-0.2, -0.15) is 0 Å². The molecule has 0 saturated heterocycles. The van der Waals surface area contributed by atoms with Crippen LogP contribution in [0.2, 0.25) is 0 Å². The maximum atomic E-state index is 14.2. The molecule has 0 aromatic heterocycles. The van der Waals surface area contributed by atoms with Gasteiger partial charge in [0.1, 0.15) is 0 Å². The van der Waals surface area contributed by atoms with E-state index < -0.39 is 5.92 Å². The molecular weight excluding hydrogens is 395 g/mol. The van der Waals surface area contributed by atoms with Crippen molar-refractivity contribution in [1.82, 2.24) is 0 Å². The first kappa shape index (κ1) is 19.9. The molecule has 5 heteroatoms. The molecule has 3 rings (SSSR count). The number of hydrogen-bond acceptors (Lipinski definition) is 2. The SMILES string of the molecule is CC(F)(F)c1cc(C#C[C](=[V])Nc2cccc(O)c2)ccc1-c1ccccc1. The quantitative estimate of drug-likeness (QED) is 0.570. The van der Waals surface area contributed by atoms with Gasteiger partial charge in [-0.1, -0.05) is 0 Å². The molecule has 0 radical (unpaired) electrons. The zero-order valence-electron chi connectivity index (χ0n) is 15.1. The molecule has 0 aliphatic carbocycles. The van der Waals surface area contributed by atoms with Crippen molar-refractivity contribution in [2.24, 2.45) is 0 Å². The van der Waals surface area contributed by atoms with Gasteiger partial charge in [0.2, 0.25) is 0 Å². The Bertz CT molecular complexity index is 1060. The van der Waals surface area contributed by atoms with Gasteiger partial charge in [0.15, 0.2) is 0 Å². The van der Waals surface area contributed by atoms with E-state index in [2.05, 4.69) is 34.1 Å². The monoisotopic (exact) mass is 412 g/mol. The number of phenolic OH excluding ortho intramolecular Hbond substituents is 1. The second-order valence-electron chi connectivity index (χ2n) is 6.29. The van der Waals surface area contributed by atoms with Crippen molar-refractivity contribution in [1.29, 1.82) is 0 Å². The van der Waals surface area contributed by atoms with Gasteiger partial charge in [0, 0.05) is 0 Å². The van der Waals surface area contributed by atoms with E-state index in [-0.39, 0.29) is 11.3 Å². The Kier molecular flexibility index (Phi) is 5.99. The predicted molar refractivity (Wildman–Crippen MR) is 105 cm³/mol. The van der Waals surface area contributed by atoms with Gasteiger partial charge in [-0.15, -0.1) is 0 Å². The molecule has 0 spiro atoms. The summed E-state index contributed by atoms with van der Waals surface area (Å²) < 4.78 is 29.0. The van der Waals surface area contributed by atoms with Crippen LogP contribution in [0.1, 0.15) is 18.1 Å². The van der Waals surface area contributed by atoms with Gasteiger partial charge in [0.05, 0.1) is 0 Å². The summed E-state index contributed by atoms with van der Waals surface area (Å²) in [6.07, 6.45) is 0. The van der Waals surface area contributed by atoms with Crippen LogP contribution in [-0.2, 0) is 22.9 Å². The molecule has 0 saturated carbocycles. The van der Waals surface area contributed by atoms with Crippen LogP contribution >= 0.6 is 0 Å². The predicted octanol–water partition coefficient (Wildman–Crippen LogP) is 5.31. The minimum absolute atomic E-state index is 0.0569. The van der Waals surface area contributed by atoms with E-state index in [9.17, 15) is 13.9 Å². The molecule has 0 fully saturated rings. The first-order valence-corrected chi connectivity index (χ1v) is 9.24. The zero-order valence-corrected chi connectivity index (χ0v) is 16.5. The van der Waals surface area contributed by atoms with E-state index in [0.29, 0.717) is 21.2 Å². The zero-order chi connectivity index (χ0) is 20.1. The van der Waals surface area contributed by atoms with E-state index in [4.69, 9.17) is 0 Å². The van der Waals surface area contributed by atoms with Crippen LogP contribution in [0.3, 0.4) is 0 Å². The van der Waals surface area contributed by atoms with Crippen molar-refractivity contribution in [2.75, 3.05) is 5.32 Å². The van der Waals surface area contributed by atoms with Crippen LogP contribution in [0.15, 0.2) is 72.8 Å². The first-order chi connectivity index (χ1) is 13.3. The fraction of sp³-hybridized carbons (Fsp3) is 0.0870. The number of phenols is 1. The van der Waals surface area contributed by atoms with E-state index in [1.165, 1.54) is 6.07 Å². The normalized spacial score (nSPS) is 10.6. The summed E-state index contributed by atoms with van der Waals surface area (Å²) >= 11 is 2.29. The van der Waals surface area contributed by atoms with E-state index >= 15 is 0 Å². The Morgan fingerprint density at radius 2 is 1.75 bits per heavy atom. The van der Waals surface area contributed by atoms with Crippen molar-refractivity contribution < 1.29 is 30.9 Å². The number of benzene rings is 3. The number of alkyl halides is 2. The summed E-state index contributed by atoms with van der Waals surface area (Å²) in [5, 5.41) is 12.5. The van der Waals surface area contributed by atoms with Gasteiger partial charge >= 0.3 is 172 Å². The molecule has 2 N–H and O–H groups in total. The number of hydrogen-bond donors (Lipinski definition) is 2. The molecular formula is C23H17F2NOV. The number of halogens is 2. The molecule has 0 bridgehead atoms. The van der Waals surface area contributed by atoms with Gasteiger partial charge in [-0.25, -0.2) is 0 Å². The van der Waals surface area contributed by atoms with Crippen LogP contribution in [0.4, 0.5) is 14.5 Å². The molecule has 0 aliphatic rings. The standard InChI is InChI=1S/C23H17F2NO.V/c1-23(24,25)22-15-17(12-13-21(22)18-8-3-2-4-9-18)7-6-14-26-19-10-5-11-20(27)16-19;/h2-5,8-13,15-16,26-27H,1H3;. The summed E-state index contributed by atoms with van der Waals surface area (Å²) in [6.45, 7) is 0.893. The van der Waals surface area contributed by atoms with Gasteiger partial charge in [0.25, 0.3) is 0 Å². The number of rotatable bonds is 4. The summed E-state index contributed by atoms with van der Waals surface area (Å²) in [7, 11) is 0. The summed E-state index contributed by atoms with van der Waals surface area (Å²) in [6, 6.07) is 20.6. The molecule has 139 valence electrons. The second-order valence-corrected chi connectivity index (χ2v) is 6.99. The molecule has 28 heavy (non-hydrogen) atoms. The van der Waals surface area contributed by atoms with Crippen molar-refractivity contribution in [2.45, 2.75) is 12.8 Å². The Balaban J connectivity index is 1.88. The van der Waals surface area contributed by atoms with Gasteiger partial charge in [-0.3, -0.25) is 0 Å². The average Bonchev–Trinajstić information content (AvgIpc) is 2.66. The maximum absolute atomic E-state index is 14.2. The first-order valence-electron chi connectivity index (χ1n) is 8.55. The topological polar surface area (TPSA) is 32.3 Å². The Labute approximate surface area is 171 Å². The van der Waals surface area contributed by atoms with Crippen LogP contribution in [0, 0.1) is 11.8 Å². The summed E-state index contributed by atoms with van der Waals surface area (Å²) in [5.74, 6) is 2.97. The van der Waals surface area contributed by atoms with E-state index in [1.807, 2.05) is 30.3 Å². The Morgan fingerprint density at radius 3 is 2.43 bits per heavy atom. The third-order valence-corrected chi connectivity index (χ3v) is 4.36. The van der Waals surface area contributed by atoms with Gasteiger partial charge < -0.3 is 0 Å². The third-order valence-electron chi connectivity index (χ3n) is 4.01. The Morgan fingerprint density at radius 1 is 1.00 bits per heavy atom. The molecule has 3 aromatic carbocycles. The van der Waals surface area contributed by atoms with Crippen LogP contribution in [0.25, 0.3) is 11.1 Å². The number of aromatic hydroxyl groups is 1. The van der Waals surface area contributed by atoms with Crippen LogP contribution in [0.5, 0.6) is 5.75 Å². The van der Waals surface area contributed by atoms with Gasteiger partial charge in [-0.05, 0) is 0 Å². The number of anilines is 1. The average molecular weight is 412 g/mol. The molecule has 0 atom stereocenters. The fourth-order valence-corrected chi connectivity index (χ4v) is 3.03. The molecule has 0 aliphatic heterocycles. The van der Waals surface area contributed by atoms with Crippen LogP contribution in [-0.4, -0.2) is 9.46 Å². The third kappa shape index (κ3) is 5.10. The second kappa shape index (κ2) is 8.43. The van der Waals surface area contributed by atoms with Crippen molar-refractivity contribution in [3.63, 3.8) is 0 Å². The molecule has 0 heterocycles. The van der Waals surface area contributed by atoms with Crippen molar-refractivity contribution in [3.05, 3.63) is 83.9 Å². The summed E-state index contributed by atoms with van der Waals surface area (Å²) in [5.41, 5.74) is 2.36.